The van der Waals surface area contributed by atoms with Crippen LogP contribution < -0.4 is 4.90 Å². The molecule has 122 valence electrons. The minimum absolute atomic E-state index is 0.808. The second-order valence-electron chi connectivity index (χ2n) is 5.70. The van der Waals surface area contributed by atoms with E-state index in [-0.39, 0.29) is 0 Å². The largest absolute Gasteiger partial charge is 0.726 e. The first-order chi connectivity index (χ1) is 9.39. The average Bonchev–Trinajstić information content (AvgIpc) is 2.79. The van der Waals surface area contributed by atoms with Crippen LogP contribution in [-0.2, 0) is 14.6 Å². The van der Waals surface area contributed by atoms with Gasteiger partial charge < -0.3 is 9.45 Å². The highest BCUT2D eigenvalue weighted by atomic mass is 32.3. The zero-order valence-electron chi connectivity index (χ0n) is 13.2. The van der Waals surface area contributed by atoms with Crippen molar-refractivity contribution in [3.63, 3.8) is 0 Å². The van der Waals surface area contributed by atoms with Gasteiger partial charge in [-0.3, -0.25) is 4.18 Å². The first-order valence-corrected chi connectivity index (χ1v) is 9.05. The summed E-state index contributed by atoms with van der Waals surface area (Å²) in [4.78, 5) is 1.75. The Morgan fingerprint density at radius 2 is 1.75 bits per heavy atom. The van der Waals surface area contributed by atoms with Crippen molar-refractivity contribution < 1.29 is 22.1 Å². The highest BCUT2D eigenvalue weighted by molar-refractivity contribution is 7.80. The van der Waals surface area contributed by atoms with E-state index in [2.05, 4.69) is 18.2 Å². The molecule has 0 bridgehead atoms. The molecule has 0 radical (unpaired) electrons. The van der Waals surface area contributed by atoms with Gasteiger partial charge in [0.05, 0.1) is 27.2 Å². The van der Waals surface area contributed by atoms with E-state index in [9.17, 15) is 13.0 Å². The summed E-state index contributed by atoms with van der Waals surface area (Å²) in [6.45, 7) is 5.15. The molecule has 2 unspecified atom stereocenters. The summed E-state index contributed by atoms with van der Waals surface area (Å²) < 4.78 is 31.0. The summed E-state index contributed by atoms with van der Waals surface area (Å²) in [6.07, 6.45) is 11.7. The van der Waals surface area contributed by atoms with Crippen molar-refractivity contribution in [2.24, 2.45) is 5.92 Å². The molecular weight excluding hydrogens is 278 g/mol. The van der Waals surface area contributed by atoms with Gasteiger partial charge in [-0.1, -0.05) is 45.4 Å². The molecule has 1 rings (SSSR count). The third-order valence-corrected chi connectivity index (χ3v) is 4.19. The zero-order chi connectivity index (χ0) is 15.4. The Morgan fingerprint density at radius 1 is 1.20 bits per heavy atom. The van der Waals surface area contributed by atoms with Gasteiger partial charge in [0, 0.05) is 12.3 Å². The maximum absolute atomic E-state index is 9.22. The minimum Gasteiger partial charge on any atom is -0.726 e. The lowest BCUT2D eigenvalue weighted by atomic mass is 10.00. The van der Waals surface area contributed by atoms with Crippen LogP contribution in [0.1, 0.15) is 58.3 Å². The molecule has 6 heteroatoms. The van der Waals surface area contributed by atoms with Crippen LogP contribution in [0.5, 0.6) is 0 Å². The number of hydrogen-bond acceptors (Lipinski definition) is 4. The summed E-state index contributed by atoms with van der Waals surface area (Å²) in [5.41, 5.74) is 0. The van der Waals surface area contributed by atoms with Crippen molar-refractivity contribution in [1.29, 1.82) is 0 Å². The standard InChI is InChI=1S/C13H27N.CH4O4S/c1-3-4-5-6-7-8-9-13-10-11-14(2)12-13;1-5-6(2,3)4/h13H,3-12H2,1-2H3;1H3,(H,2,3,4). The van der Waals surface area contributed by atoms with Crippen LogP contribution in [0.3, 0.4) is 0 Å². The highest BCUT2D eigenvalue weighted by Gasteiger charge is 2.21. The van der Waals surface area contributed by atoms with Gasteiger partial charge in [-0.15, -0.1) is 0 Å². The van der Waals surface area contributed by atoms with Crippen molar-refractivity contribution in [1.82, 2.24) is 0 Å². The smallest absolute Gasteiger partial charge is 0.217 e. The molecule has 1 aliphatic heterocycles. The van der Waals surface area contributed by atoms with E-state index >= 15 is 0 Å². The molecule has 0 aliphatic carbocycles. The van der Waals surface area contributed by atoms with E-state index in [1.807, 2.05) is 0 Å². The van der Waals surface area contributed by atoms with E-state index in [1.54, 1.807) is 4.90 Å². The summed E-state index contributed by atoms with van der Waals surface area (Å²) in [5.74, 6) is 1.06. The van der Waals surface area contributed by atoms with Crippen LogP contribution in [0.4, 0.5) is 0 Å². The molecule has 0 aromatic rings. The lowest BCUT2D eigenvalue weighted by Gasteiger charge is -2.07. The highest BCUT2D eigenvalue weighted by Crippen LogP contribution is 2.15. The fraction of sp³-hybridized carbons (Fsp3) is 1.00. The lowest BCUT2D eigenvalue weighted by molar-refractivity contribution is -0.867. The molecule has 1 aliphatic rings. The van der Waals surface area contributed by atoms with Gasteiger partial charge >= 0.3 is 0 Å². The van der Waals surface area contributed by atoms with Crippen molar-refractivity contribution in [2.75, 3.05) is 27.2 Å². The number of hydrogen-bond donors (Lipinski definition) is 1. The second kappa shape index (κ2) is 11.5. The van der Waals surface area contributed by atoms with Gasteiger partial charge in [0.15, 0.2) is 0 Å². The molecule has 20 heavy (non-hydrogen) atoms. The average molecular weight is 309 g/mol. The van der Waals surface area contributed by atoms with E-state index < -0.39 is 10.4 Å². The van der Waals surface area contributed by atoms with Crippen LogP contribution in [0.2, 0.25) is 0 Å². The Labute approximate surface area is 124 Å². The van der Waals surface area contributed by atoms with Gasteiger partial charge in [0.1, 0.15) is 0 Å². The molecule has 0 amide bonds. The quantitative estimate of drug-likeness (QED) is 0.417. The van der Waals surface area contributed by atoms with E-state index in [0.29, 0.717) is 0 Å². The predicted octanol–water partition coefficient (Wildman–Crippen LogP) is 1.36. The topological polar surface area (TPSA) is 70.9 Å². The number of likely N-dealkylation sites (tertiary alicyclic amines) is 1. The third-order valence-electron chi connectivity index (χ3n) is 3.79. The molecule has 1 heterocycles. The second-order valence-corrected chi connectivity index (χ2v) is 6.85. The first-order valence-electron chi connectivity index (χ1n) is 7.71. The Hall–Kier alpha value is -0.170. The summed E-state index contributed by atoms with van der Waals surface area (Å²) in [7, 11) is -1.27. The number of unbranched alkanes of at least 4 members (excludes halogenated alkanes) is 5. The summed E-state index contributed by atoms with van der Waals surface area (Å²) in [5, 5.41) is 0. The molecule has 5 nitrogen and oxygen atoms in total. The van der Waals surface area contributed by atoms with Crippen molar-refractivity contribution >= 4 is 10.4 Å². The minimum atomic E-state index is -4.41. The molecule has 0 saturated carbocycles. The van der Waals surface area contributed by atoms with E-state index in [0.717, 1.165) is 13.0 Å². The molecule has 1 saturated heterocycles. The maximum atomic E-state index is 9.22. The SMILES string of the molecule is CCCCCCCCC1CC[NH+](C)C1.COS(=O)(=O)[O-]. The van der Waals surface area contributed by atoms with E-state index in [1.165, 1.54) is 64.5 Å². The van der Waals surface area contributed by atoms with Crippen molar-refractivity contribution in [3.05, 3.63) is 0 Å². The van der Waals surface area contributed by atoms with Crippen LogP contribution in [0.25, 0.3) is 0 Å². The predicted molar refractivity (Wildman–Crippen MR) is 79.4 cm³/mol. The van der Waals surface area contributed by atoms with Crippen LogP contribution in [-0.4, -0.2) is 40.2 Å². The first kappa shape index (κ1) is 19.8. The number of nitrogens with one attached hydrogen (secondary N) is 1. The van der Waals surface area contributed by atoms with Crippen molar-refractivity contribution in [3.8, 4) is 0 Å². The van der Waals surface area contributed by atoms with Crippen LogP contribution in [0, 0.1) is 5.92 Å². The van der Waals surface area contributed by atoms with Gasteiger partial charge in [-0.05, 0) is 6.42 Å². The van der Waals surface area contributed by atoms with Crippen molar-refractivity contribution in [2.45, 2.75) is 58.3 Å². The Bertz CT molecular complexity index is 319. The molecule has 1 N–H and O–H groups in total. The van der Waals surface area contributed by atoms with Gasteiger partial charge in [-0.25, -0.2) is 8.42 Å². The monoisotopic (exact) mass is 309 g/mol. The maximum Gasteiger partial charge on any atom is 0.217 e. The normalized spacial score (nSPS) is 22.4. The Balaban J connectivity index is 0.000000511. The van der Waals surface area contributed by atoms with Gasteiger partial charge in [0.2, 0.25) is 10.4 Å². The summed E-state index contributed by atoms with van der Waals surface area (Å²) >= 11 is 0. The fourth-order valence-corrected chi connectivity index (χ4v) is 2.61. The van der Waals surface area contributed by atoms with Crippen LogP contribution >= 0.6 is 0 Å². The van der Waals surface area contributed by atoms with Gasteiger partial charge in [0.25, 0.3) is 0 Å². The number of rotatable bonds is 8. The van der Waals surface area contributed by atoms with E-state index in [4.69, 9.17) is 0 Å². The molecule has 2 atom stereocenters. The van der Waals surface area contributed by atoms with Gasteiger partial charge in [-0.2, -0.15) is 0 Å². The third kappa shape index (κ3) is 12.8. The Morgan fingerprint density at radius 3 is 2.20 bits per heavy atom. The molecular formula is C14H31NO4S. The number of quaternary nitrogens is 1. The molecule has 0 spiro atoms. The molecule has 0 aromatic carbocycles. The molecule has 1 fully saturated rings. The fourth-order valence-electron chi connectivity index (χ4n) is 2.61. The zero-order valence-corrected chi connectivity index (χ0v) is 14.0. The Kier molecular flexibility index (Phi) is 11.4. The summed E-state index contributed by atoms with van der Waals surface area (Å²) in [6, 6.07) is 0. The van der Waals surface area contributed by atoms with Crippen LogP contribution in [0.15, 0.2) is 0 Å². The lowest BCUT2D eigenvalue weighted by Crippen LogP contribution is -3.07. The molecule has 0 aromatic heterocycles.